The molecule has 2 aliphatic heterocycles. The molecule has 0 aromatic heterocycles. The lowest BCUT2D eigenvalue weighted by Crippen LogP contribution is -2.61. The summed E-state index contributed by atoms with van der Waals surface area (Å²) < 4.78 is 0. The van der Waals surface area contributed by atoms with Gasteiger partial charge < -0.3 is 9.80 Å². The van der Waals surface area contributed by atoms with Crippen LogP contribution in [-0.4, -0.2) is 6.71 Å². The fourth-order valence-electron chi connectivity index (χ4n) is 9.43. The molecule has 0 atom stereocenters. The fraction of sp³-hybridized carbons (Fsp3) is 0.276. The van der Waals surface area contributed by atoms with E-state index < -0.39 is 0 Å². The minimum atomic E-state index is -0.0226. The molecule has 7 aromatic rings. The van der Waals surface area contributed by atoms with Gasteiger partial charge in [-0.15, -0.1) is 0 Å². The van der Waals surface area contributed by atoms with Gasteiger partial charge in [0, 0.05) is 34.0 Å². The van der Waals surface area contributed by atoms with Crippen molar-refractivity contribution in [3.8, 4) is 22.3 Å². The maximum atomic E-state index is 2.59. The van der Waals surface area contributed by atoms with Gasteiger partial charge in [0.2, 0.25) is 0 Å². The Labute approximate surface area is 366 Å². The van der Waals surface area contributed by atoms with Gasteiger partial charge in [-0.2, -0.15) is 0 Å². The first kappa shape index (κ1) is 40.6. The van der Waals surface area contributed by atoms with Crippen molar-refractivity contribution in [1.29, 1.82) is 0 Å². The van der Waals surface area contributed by atoms with Gasteiger partial charge in [0.15, 0.2) is 0 Å². The van der Waals surface area contributed by atoms with Crippen LogP contribution >= 0.6 is 0 Å². The predicted molar refractivity (Wildman–Crippen MR) is 266 cm³/mol. The third-order valence-corrected chi connectivity index (χ3v) is 13.1. The Balaban J connectivity index is 1.33. The summed E-state index contributed by atoms with van der Waals surface area (Å²) in [4.78, 5) is 5.12. The molecule has 0 saturated carbocycles. The van der Waals surface area contributed by atoms with Gasteiger partial charge in [0.25, 0.3) is 6.71 Å². The molecule has 9 rings (SSSR count). The van der Waals surface area contributed by atoms with Gasteiger partial charge in [-0.1, -0.05) is 186 Å². The average molecular weight is 797 g/mol. The molecule has 306 valence electrons. The molecule has 0 fully saturated rings. The highest BCUT2D eigenvalue weighted by atomic mass is 15.2. The van der Waals surface area contributed by atoms with E-state index in [1.54, 1.807) is 0 Å². The Morgan fingerprint density at radius 3 is 1.28 bits per heavy atom. The lowest BCUT2D eigenvalue weighted by molar-refractivity contribution is 0.590. The van der Waals surface area contributed by atoms with Gasteiger partial charge in [0.1, 0.15) is 0 Å². The first-order chi connectivity index (χ1) is 28.8. The molecule has 0 N–H and O–H groups in total. The second-order valence-electron chi connectivity index (χ2n) is 21.6. The maximum Gasteiger partial charge on any atom is 0.252 e. The van der Waals surface area contributed by atoms with Crippen LogP contribution in [0.15, 0.2) is 152 Å². The molecule has 3 heteroatoms. The van der Waals surface area contributed by atoms with E-state index in [9.17, 15) is 0 Å². The van der Waals surface area contributed by atoms with E-state index in [0.717, 1.165) is 0 Å². The predicted octanol–water partition coefficient (Wildman–Crippen LogP) is 14.3. The van der Waals surface area contributed by atoms with E-state index in [1.165, 1.54) is 95.0 Å². The molecule has 0 spiro atoms. The summed E-state index contributed by atoms with van der Waals surface area (Å²) in [5, 5.41) is 0. The van der Waals surface area contributed by atoms with Crippen LogP contribution in [0.25, 0.3) is 22.3 Å². The number of nitrogens with zero attached hydrogens (tertiary/aromatic N) is 2. The molecule has 2 aliphatic rings. The van der Waals surface area contributed by atoms with Crippen molar-refractivity contribution in [2.24, 2.45) is 0 Å². The van der Waals surface area contributed by atoms with Crippen LogP contribution in [0.3, 0.4) is 0 Å². The van der Waals surface area contributed by atoms with Crippen LogP contribution in [0.1, 0.15) is 105 Å². The van der Waals surface area contributed by atoms with E-state index in [1.807, 2.05) is 0 Å². The van der Waals surface area contributed by atoms with E-state index in [2.05, 4.69) is 245 Å². The van der Waals surface area contributed by atoms with Crippen molar-refractivity contribution in [3.05, 3.63) is 174 Å². The Kier molecular flexibility index (Phi) is 9.59. The van der Waals surface area contributed by atoms with Crippen LogP contribution in [0, 0.1) is 0 Å². The minimum absolute atomic E-state index is 0.00936. The van der Waals surface area contributed by atoms with Gasteiger partial charge in [-0.05, 0) is 126 Å². The van der Waals surface area contributed by atoms with Crippen LogP contribution in [-0.2, 0) is 21.7 Å². The van der Waals surface area contributed by atoms with Crippen LogP contribution in [0.5, 0.6) is 0 Å². The van der Waals surface area contributed by atoms with Crippen molar-refractivity contribution >= 4 is 57.2 Å². The van der Waals surface area contributed by atoms with Gasteiger partial charge in [-0.25, -0.2) is 0 Å². The molecule has 2 nitrogen and oxygen atoms in total. The topological polar surface area (TPSA) is 6.48 Å². The SMILES string of the molecule is CC(C)(C)c1ccc(N2c3ccc(C(C)(C)C)cc3B3c4cc(C(C)(C)C)ccc4N(c4ccc(C(C)(C)C)cc4-c4ccc(-c5ccccc5)cc4)c4cccc2c43)cc1. The fourth-order valence-corrected chi connectivity index (χ4v) is 9.43. The van der Waals surface area contributed by atoms with Crippen LogP contribution < -0.4 is 26.2 Å². The normalized spacial score (nSPS) is 13.8. The second-order valence-corrected chi connectivity index (χ2v) is 21.6. The van der Waals surface area contributed by atoms with E-state index >= 15 is 0 Å². The zero-order chi connectivity index (χ0) is 43.2. The number of hydrogen-bond acceptors (Lipinski definition) is 2. The molecule has 0 saturated heterocycles. The summed E-state index contributed by atoms with van der Waals surface area (Å²) in [6.07, 6.45) is 0. The van der Waals surface area contributed by atoms with Crippen molar-refractivity contribution in [2.45, 2.75) is 105 Å². The number of anilines is 6. The molecular weight excluding hydrogens is 735 g/mol. The zero-order valence-electron chi connectivity index (χ0n) is 38.4. The summed E-state index contributed by atoms with van der Waals surface area (Å²) in [5.74, 6) is 0. The second kappa shape index (κ2) is 14.4. The number of rotatable bonds is 4. The molecule has 7 aromatic carbocycles. The van der Waals surface area contributed by atoms with Crippen molar-refractivity contribution in [2.75, 3.05) is 9.80 Å². The molecule has 0 unspecified atom stereocenters. The zero-order valence-corrected chi connectivity index (χ0v) is 38.4. The monoisotopic (exact) mass is 796 g/mol. The molecule has 0 radical (unpaired) electrons. The highest BCUT2D eigenvalue weighted by Crippen LogP contribution is 2.48. The Morgan fingerprint density at radius 2 is 0.754 bits per heavy atom. The standard InChI is InChI=1S/C58H61BN2/c1-55(2,3)41-25-30-45(31-26-41)60-50-33-28-43(57(7,8)9)36-47(50)59-48-37-44(58(10,11)12)29-34-51(48)61(53-20-16-19-52(60)54(53)59)49-32-27-42(56(4,5)6)35-46(49)40-23-21-39(22-24-40)38-17-14-13-15-18-38/h13-37H,1-12H3. The smallest absolute Gasteiger partial charge is 0.252 e. The van der Waals surface area contributed by atoms with E-state index in [-0.39, 0.29) is 28.4 Å². The number of fused-ring (bicyclic) bond motifs is 4. The summed E-state index contributed by atoms with van der Waals surface area (Å²) >= 11 is 0. The average Bonchev–Trinajstić information content (AvgIpc) is 3.22. The summed E-state index contributed by atoms with van der Waals surface area (Å²) in [5.41, 5.74) is 21.6. The summed E-state index contributed by atoms with van der Waals surface area (Å²) in [6.45, 7) is 27.9. The Bertz CT molecular complexity index is 2770. The summed E-state index contributed by atoms with van der Waals surface area (Å²) in [7, 11) is 0. The molecular formula is C58H61BN2. The number of benzene rings is 7. The first-order valence-electron chi connectivity index (χ1n) is 22.2. The van der Waals surface area contributed by atoms with Gasteiger partial charge in [0.05, 0.1) is 5.69 Å². The van der Waals surface area contributed by atoms with Crippen molar-refractivity contribution in [3.63, 3.8) is 0 Å². The van der Waals surface area contributed by atoms with E-state index in [4.69, 9.17) is 0 Å². The van der Waals surface area contributed by atoms with Gasteiger partial charge >= 0.3 is 0 Å². The largest absolute Gasteiger partial charge is 0.311 e. The quantitative estimate of drug-likeness (QED) is 0.164. The van der Waals surface area contributed by atoms with Crippen LogP contribution in [0.4, 0.5) is 34.1 Å². The lowest BCUT2D eigenvalue weighted by atomic mass is 9.33. The molecule has 0 aliphatic carbocycles. The van der Waals surface area contributed by atoms with Crippen molar-refractivity contribution < 1.29 is 0 Å². The maximum absolute atomic E-state index is 2.59. The molecule has 0 amide bonds. The Morgan fingerprint density at radius 1 is 0.328 bits per heavy atom. The minimum Gasteiger partial charge on any atom is -0.311 e. The third-order valence-electron chi connectivity index (χ3n) is 13.1. The van der Waals surface area contributed by atoms with Gasteiger partial charge in [-0.3, -0.25) is 0 Å². The lowest BCUT2D eigenvalue weighted by Gasteiger charge is -2.45. The number of hydrogen-bond donors (Lipinski definition) is 0. The Hall–Kier alpha value is -5.80. The highest BCUT2D eigenvalue weighted by molar-refractivity contribution is 7.00. The van der Waals surface area contributed by atoms with Crippen LogP contribution in [0.2, 0.25) is 0 Å². The first-order valence-corrected chi connectivity index (χ1v) is 22.2. The van der Waals surface area contributed by atoms with Crippen molar-refractivity contribution in [1.82, 2.24) is 0 Å². The molecule has 0 bridgehead atoms. The molecule has 2 heterocycles. The summed E-state index contributed by atoms with van der Waals surface area (Å²) in [6, 6.07) is 58.0. The molecule has 61 heavy (non-hydrogen) atoms. The highest BCUT2D eigenvalue weighted by Gasteiger charge is 2.44. The third kappa shape index (κ3) is 7.20. The van der Waals surface area contributed by atoms with E-state index in [0.29, 0.717) is 0 Å².